The van der Waals surface area contributed by atoms with E-state index in [-0.39, 0.29) is 17.6 Å². The van der Waals surface area contributed by atoms with Crippen molar-refractivity contribution in [1.82, 2.24) is 5.32 Å². The van der Waals surface area contributed by atoms with Crippen LogP contribution in [0.25, 0.3) is 0 Å². The molecule has 1 aromatic rings. The second kappa shape index (κ2) is 8.08. The molecule has 4 nitrogen and oxygen atoms in total. The number of carboxylic acid groups (broad SMARTS) is 1. The van der Waals surface area contributed by atoms with E-state index in [9.17, 15) is 9.59 Å². The van der Waals surface area contributed by atoms with Gasteiger partial charge in [0.25, 0.3) is 0 Å². The first-order valence-corrected chi connectivity index (χ1v) is 7.97. The summed E-state index contributed by atoms with van der Waals surface area (Å²) < 4.78 is 0. The third-order valence-corrected chi connectivity index (χ3v) is 4.49. The molecule has 0 heterocycles. The largest absolute Gasteiger partial charge is 0.481 e. The summed E-state index contributed by atoms with van der Waals surface area (Å²) in [7, 11) is 0. The number of carbonyl (C=O) groups excluding carboxylic acids is 1. The summed E-state index contributed by atoms with van der Waals surface area (Å²) in [6.45, 7) is 5.69. The van der Waals surface area contributed by atoms with Crippen molar-refractivity contribution in [2.24, 2.45) is 0 Å². The zero-order chi connectivity index (χ0) is 15.9. The normalized spacial score (nSPS) is 12.7. The molecule has 1 aromatic carbocycles. The number of carbonyl (C=O) groups is 2. The Bertz CT molecular complexity index is 474. The van der Waals surface area contributed by atoms with Crippen LogP contribution in [0.4, 0.5) is 0 Å². The number of nitrogens with one attached hydrogen (secondary N) is 1. The number of thioether (sulfide) groups is 1. The van der Waals surface area contributed by atoms with E-state index in [0.717, 1.165) is 11.3 Å². The maximum atomic E-state index is 12.4. The van der Waals surface area contributed by atoms with E-state index in [1.54, 1.807) is 0 Å². The van der Waals surface area contributed by atoms with Gasteiger partial charge in [-0.2, -0.15) is 0 Å². The van der Waals surface area contributed by atoms with Gasteiger partial charge < -0.3 is 10.4 Å². The van der Waals surface area contributed by atoms with E-state index in [1.807, 2.05) is 51.1 Å². The van der Waals surface area contributed by atoms with Crippen LogP contribution in [0.2, 0.25) is 0 Å². The molecular weight excluding hydrogens is 286 g/mol. The van der Waals surface area contributed by atoms with Gasteiger partial charge in [-0.1, -0.05) is 25.1 Å². The van der Waals surface area contributed by atoms with Gasteiger partial charge in [0.2, 0.25) is 5.91 Å². The maximum absolute atomic E-state index is 12.4. The average molecular weight is 309 g/mol. The molecule has 5 heteroatoms. The smallest absolute Gasteiger partial charge is 0.303 e. The molecule has 0 spiro atoms. The van der Waals surface area contributed by atoms with Gasteiger partial charge in [0.05, 0.1) is 5.25 Å². The SMILES string of the molecule is CCC(Sc1ccccc1)C(=O)NC(C)(C)CCC(=O)O. The fraction of sp³-hybridized carbons (Fsp3) is 0.500. The van der Waals surface area contributed by atoms with Crippen LogP contribution in [-0.4, -0.2) is 27.8 Å². The fourth-order valence-corrected chi connectivity index (χ4v) is 2.86. The molecule has 0 fully saturated rings. The Labute approximate surface area is 130 Å². The molecule has 0 radical (unpaired) electrons. The molecule has 1 amide bonds. The fourth-order valence-electron chi connectivity index (χ4n) is 1.88. The first-order valence-electron chi connectivity index (χ1n) is 7.09. The lowest BCUT2D eigenvalue weighted by Gasteiger charge is -2.28. The quantitative estimate of drug-likeness (QED) is 0.723. The highest BCUT2D eigenvalue weighted by molar-refractivity contribution is 8.00. The molecule has 116 valence electrons. The summed E-state index contributed by atoms with van der Waals surface area (Å²) >= 11 is 1.53. The number of amides is 1. The van der Waals surface area contributed by atoms with Crippen molar-refractivity contribution < 1.29 is 14.7 Å². The summed E-state index contributed by atoms with van der Waals surface area (Å²) in [5.41, 5.74) is -0.514. The number of hydrogen-bond donors (Lipinski definition) is 2. The molecule has 1 unspecified atom stereocenters. The van der Waals surface area contributed by atoms with E-state index in [1.165, 1.54) is 11.8 Å². The van der Waals surface area contributed by atoms with Gasteiger partial charge in [0.15, 0.2) is 0 Å². The van der Waals surface area contributed by atoms with Gasteiger partial charge in [0, 0.05) is 16.9 Å². The average Bonchev–Trinajstić information content (AvgIpc) is 2.43. The summed E-state index contributed by atoms with van der Waals surface area (Å²) in [6, 6.07) is 9.81. The van der Waals surface area contributed by atoms with Crippen molar-refractivity contribution in [2.75, 3.05) is 0 Å². The van der Waals surface area contributed by atoms with Crippen molar-refractivity contribution in [3.63, 3.8) is 0 Å². The van der Waals surface area contributed by atoms with Crippen LogP contribution >= 0.6 is 11.8 Å². The first-order chi connectivity index (χ1) is 9.84. The Balaban J connectivity index is 2.60. The Morgan fingerprint density at radius 3 is 2.43 bits per heavy atom. The van der Waals surface area contributed by atoms with Gasteiger partial charge in [-0.25, -0.2) is 0 Å². The molecule has 0 aliphatic carbocycles. The first kappa shape index (κ1) is 17.6. The molecule has 0 saturated heterocycles. The van der Waals surface area contributed by atoms with Crippen molar-refractivity contribution in [3.8, 4) is 0 Å². The highest BCUT2D eigenvalue weighted by Crippen LogP contribution is 2.26. The Hall–Kier alpha value is -1.49. The van der Waals surface area contributed by atoms with Crippen LogP contribution in [0.1, 0.15) is 40.0 Å². The monoisotopic (exact) mass is 309 g/mol. The molecule has 2 N–H and O–H groups in total. The van der Waals surface area contributed by atoms with Gasteiger partial charge in [-0.15, -0.1) is 11.8 Å². The predicted molar refractivity (Wildman–Crippen MR) is 85.5 cm³/mol. The van der Waals surface area contributed by atoms with E-state index >= 15 is 0 Å². The van der Waals surface area contributed by atoms with E-state index in [4.69, 9.17) is 5.11 Å². The maximum Gasteiger partial charge on any atom is 0.303 e. The summed E-state index contributed by atoms with van der Waals surface area (Å²) in [4.78, 5) is 24.1. The van der Waals surface area contributed by atoms with Gasteiger partial charge in [-0.05, 0) is 38.8 Å². The van der Waals surface area contributed by atoms with Crippen LogP contribution in [0, 0.1) is 0 Å². The minimum absolute atomic E-state index is 0.0401. The summed E-state index contributed by atoms with van der Waals surface area (Å²) in [5, 5.41) is 11.5. The standard InChI is InChI=1S/C16H23NO3S/c1-4-13(21-12-8-6-5-7-9-12)15(20)17-16(2,3)11-10-14(18)19/h5-9,13H,4,10-11H2,1-3H3,(H,17,20)(H,18,19). The van der Waals surface area contributed by atoms with E-state index < -0.39 is 11.5 Å². The van der Waals surface area contributed by atoms with Crippen molar-refractivity contribution in [2.45, 2.75) is 55.7 Å². The lowest BCUT2D eigenvalue weighted by atomic mass is 9.98. The number of aliphatic carboxylic acids is 1. The van der Waals surface area contributed by atoms with Gasteiger partial charge in [0.1, 0.15) is 0 Å². The Morgan fingerprint density at radius 1 is 1.29 bits per heavy atom. The molecule has 1 atom stereocenters. The van der Waals surface area contributed by atoms with Crippen molar-refractivity contribution >= 4 is 23.6 Å². The van der Waals surface area contributed by atoms with Crippen LogP contribution < -0.4 is 5.32 Å². The third-order valence-electron chi connectivity index (χ3n) is 3.11. The minimum atomic E-state index is -0.844. The van der Waals surface area contributed by atoms with Gasteiger partial charge in [-0.3, -0.25) is 9.59 Å². The molecule has 0 aromatic heterocycles. The number of hydrogen-bond acceptors (Lipinski definition) is 3. The summed E-state index contributed by atoms with van der Waals surface area (Å²) in [6.07, 6.45) is 1.19. The van der Waals surface area contributed by atoms with E-state index in [0.29, 0.717) is 6.42 Å². The summed E-state index contributed by atoms with van der Waals surface area (Å²) in [5.74, 6) is -0.884. The van der Waals surface area contributed by atoms with Crippen molar-refractivity contribution in [1.29, 1.82) is 0 Å². The molecule has 0 saturated carbocycles. The molecule has 21 heavy (non-hydrogen) atoms. The second-order valence-electron chi connectivity index (χ2n) is 5.59. The predicted octanol–water partition coefficient (Wildman–Crippen LogP) is 3.32. The van der Waals surface area contributed by atoms with E-state index in [2.05, 4.69) is 5.32 Å². The zero-order valence-electron chi connectivity index (χ0n) is 12.8. The minimum Gasteiger partial charge on any atom is -0.481 e. The van der Waals surface area contributed by atoms with Gasteiger partial charge >= 0.3 is 5.97 Å². The number of rotatable bonds is 8. The Morgan fingerprint density at radius 2 is 1.90 bits per heavy atom. The highest BCUT2D eigenvalue weighted by Gasteiger charge is 2.26. The highest BCUT2D eigenvalue weighted by atomic mass is 32.2. The molecule has 1 rings (SSSR count). The van der Waals surface area contributed by atoms with Crippen LogP contribution in [0.15, 0.2) is 35.2 Å². The molecule has 0 aliphatic heterocycles. The van der Waals surface area contributed by atoms with Crippen molar-refractivity contribution in [3.05, 3.63) is 30.3 Å². The number of benzene rings is 1. The van der Waals surface area contributed by atoms with Crippen LogP contribution in [0.3, 0.4) is 0 Å². The lowest BCUT2D eigenvalue weighted by molar-refractivity contribution is -0.137. The topological polar surface area (TPSA) is 66.4 Å². The van der Waals surface area contributed by atoms with Crippen LogP contribution in [-0.2, 0) is 9.59 Å². The third kappa shape index (κ3) is 6.67. The molecular formula is C16H23NO3S. The lowest BCUT2D eigenvalue weighted by Crippen LogP contribution is -2.47. The molecule has 0 bridgehead atoms. The van der Waals surface area contributed by atoms with Crippen LogP contribution in [0.5, 0.6) is 0 Å². The zero-order valence-corrected chi connectivity index (χ0v) is 13.6. The second-order valence-corrected chi connectivity index (χ2v) is 6.87. The Kier molecular flexibility index (Phi) is 6.75. The molecule has 0 aliphatic rings. The number of carboxylic acids is 1.